The highest BCUT2D eigenvalue weighted by Crippen LogP contribution is 2.26. The molecular formula is C17H11ClFN5. The zero-order valence-corrected chi connectivity index (χ0v) is 13.2. The largest absolute Gasteiger partial charge is 0.346 e. The summed E-state index contributed by atoms with van der Waals surface area (Å²) in [5.74, 6) is 0.0456. The lowest BCUT2D eigenvalue weighted by atomic mass is 10.2. The maximum absolute atomic E-state index is 13.9. The predicted octanol–water partition coefficient (Wildman–Crippen LogP) is 3.68. The predicted molar refractivity (Wildman–Crippen MR) is 88.2 cm³/mol. The fraction of sp³-hybridized carbons (Fsp3) is 0.0588. The summed E-state index contributed by atoms with van der Waals surface area (Å²) in [7, 11) is 0. The number of hydrogen-bond donors (Lipinski definition) is 0. The topological polar surface area (TPSA) is 56.5 Å². The average molecular weight is 340 g/mol. The molecule has 0 amide bonds. The Kier molecular flexibility index (Phi) is 3.66. The molecule has 0 N–H and O–H groups in total. The van der Waals surface area contributed by atoms with Gasteiger partial charge >= 0.3 is 0 Å². The third-order valence-corrected chi connectivity index (χ3v) is 3.78. The lowest BCUT2D eigenvalue weighted by Gasteiger charge is -2.06. The van der Waals surface area contributed by atoms with Crippen molar-refractivity contribution in [3.8, 4) is 22.8 Å². The van der Waals surface area contributed by atoms with E-state index in [9.17, 15) is 4.39 Å². The Bertz CT molecular complexity index is 967. The van der Waals surface area contributed by atoms with Gasteiger partial charge < -0.3 is 4.57 Å². The molecule has 7 heteroatoms. The highest BCUT2D eigenvalue weighted by molar-refractivity contribution is 6.29. The van der Waals surface area contributed by atoms with Crippen LogP contribution in [0.4, 0.5) is 4.39 Å². The molecule has 0 atom stereocenters. The summed E-state index contributed by atoms with van der Waals surface area (Å²) in [4.78, 5) is 8.82. The molecule has 2 aliphatic rings. The van der Waals surface area contributed by atoms with E-state index < -0.39 is 0 Å². The zero-order chi connectivity index (χ0) is 16.5. The van der Waals surface area contributed by atoms with E-state index in [4.69, 9.17) is 11.6 Å². The van der Waals surface area contributed by atoms with Crippen molar-refractivity contribution in [2.75, 3.05) is 0 Å². The van der Waals surface area contributed by atoms with Gasteiger partial charge in [-0.3, -0.25) is 0 Å². The molecule has 2 aliphatic heterocycles. The van der Waals surface area contributed by atoms with Crippen LogP contribution < -0.4 is 0 Å². The van der Waals surface area contributed by atoms with Gasteiger partial charge in [0.15, 0.2) is 11.0 Å². The maximum Gasteiger partial charge on any atom is 0.163 e. The number of aromatic nitrogens is 5. The number of pyridine rings is 1. The van der Waals surface area contributed by atoms with Gasteiger partial charge in [0.2, 0.25) is 0 Å². The van der Waals surface area contributed by atoms with E-state index in [2.05, 4.69) is 20.2 Å². The molecule has 0 saturated heterocycles. The highest BCUT2D eigenvalue weighted by Gasteiger charge is 2.15. The fourth-order valence-electron chi connectivity index (χ4n) is 2.43. The van der Waals surface area contributed by atoms with Crippen molar-refractivity contribution < 1.29 is 4.39 Å². The molecule has 0 spiro atoms. The van der Waals surface area contributed by atoms with Crippen LogP contribution in [0.2, 0.25) is 5.15 Å². The molecule has 4 rings (SSSR count). The third-order valence-electron chi connectivity index (χ3n) is 3.57. The van der Waals surface area contributed by atoms with Gasteiger partial charge in [-0.05, 0) is 30.3 Å². The van der Waals surface area contributed by atoms with Crippen molar-refractivity contribution in [2.45, 2.75) is 6.54 Å². The summed E-state index contributed by atoms with van der Waals surface area (Å²) >= 11 is 5.74. The Hall–Kier alpha value is -2.86. The van der Waals surface area contributed by atoms with Crippen molar-refractivity contribution in [3.63, 3.8) is 0 Å². The van der Waals surface area contributed by atoms with Crippen LogP contribution in [0.5, 0.6) is 0 Å². The van der Waals surface area contributed by atoms with Crippen LogP contribution in [0.3, 0.4) is 0 Å². The van der Waals surface area contributed by atoms with Gasteiger partial charge in [-0.1, -0.05) is 23.7 Å². The summed E-state index contributed by atoms with van der Waals surface area (Å²) in [5.41, 5.74) is 2.57. The second-order valence-corrected chi connectivity index (χ2v) is 5.65. The molecule has 1 aromatic carbocycles. The summed E-state index contributed by atoms with van der Waals surface area (Å²) in [6, 6.07) is 11.8. The summed E-state index contributed by atoms with van der Waals surface area (Å²) in [5, 5.41) is 8.21. The maximum atomic E-state index is 13.9. The molecule has 0 unspecified atom stereocenters. The van der Waals surface area contributed by atoms with Crippen LogP contribution in [0.15, 0.2) is 54.9 Å². The first-order valence-corrected chi connectivity index (χ1v) is 7.63. The molecule has 1 aromatic heterocycles. The molecule has 3 heterocycles. The summed E-state index contributed by atoms with van der Waals surface area (Å²) < 4.78 is 15.8. The zero-order valence-electron chi connectivity index (χ0n) is 12.4. The first-order chi connectivity index (χ1) is 11.7. The average Bonchev–Trinajstić information content (AvgIpc) is 3.00. The molecule has 0 aliphatic carbocycles. The van der Waals surface area contributed by atoms with Gasteiger partial charge in [-0.25, -0.2) is 14.4 Å². The molecule has 2 aromatic rings. The minimum atomic E-state index is -0.336. The van der Waals surface area contributed by atoms with E-state index in [0.717, 1.165) is 5.69 Å². The number of nitrogens with zero attached hydrogens (tertiary/aromatic N) is 5. The van der Waals surface area contributed by atoms with E-state index >= 15 is 0 Å². The Balaban J connectivity index is 1.68. The van der Waals surface area contributed by atoms with E-state index in [1.807, 2.05) is 29.1 Å². The SMILES string of the molecule is Fc1ccccc1-c1nc2ccn(Cc3ccc(Cl)nn3)cc-2n1. The summed E-state index contributed by atoms with van der Waals surface area (Å²) in [6.45, 7) is 0.530. The smallest absolute Gasteiger partial charge is 0.163 e. The van der Waals surface area contributed by atoms with Crippen LogP contribution in [0, 0.1) is 5.82 Å². The van der Waals surface area contributed by atoms with Crippen LogP contribution in [0.25, 0.3) is 22.8 Å². The van der Waals surface area contributed by atoms with Crippen LogP contribution >= 0.6 is 11.6 Å². The third kappa shape index (κ3) is 2.83. The second kappa shape index (κ2) is 5.98. The van der Waals surface area contributed by atoms with Crippen molar-refractivity contribution in [1.82, 2.24) is 24.7 Å². The van der Waals surface area contributed by atoms with Gasteiger partial charge in [0.25, 0.3) is 0 Å². The van der Waals surface area contributed by atoms with Crippen LogP contribution in [-0.4, -0.2) is 24.7 Å². The lowest BCUT2D eigenvalue weighted by Crippen LogP contribution is -2.03. The van der Waals surface area contributed by atoms with Crippen LogP contribution in [0.1, 0.15) is 5.69 Å². The van der Waals surface area contributed by atoms with Crippen molar-refractivity contribution in [2.24, 2.45) is 0 Å². The molecule has 0 radical (unpaired) electrons. The van der Waals surface area contributed by atoms with Gasteiger partial charge in [-0.2, -0.15) is 5.10 Å². The Labute approximate surface area is 142 Å². The highest BCUT2D eigenvalue weighted by atomic mass is 35.5. The Morgan fingerprint density at radius 1 is 0.958 bits per heavy atom. The Morgan fingerprint density at radius 2 is 1.79 bits per heavy atom. The quantitative estimate of drug-likeness (QED) is 0.571. The van der Waals surface area contributed by atoms with E-state index in [1.165, 1.54) is 6.07 Å². The second-order valence-electron chi connectivity index (χ2n) is 5.26. The minimum Gasteiger partial charge on any atom is -0.346 e. The summed E-state index contributed by atoms with van der Waals surface area (Å²) in [6.07, 6.45) is 3.72. The van der Waals surface area contributed by atoms with Gasteiger partial charge in [0, 0.05) is 12.4 Å². The molecular weight excluding hydrogens is 329 g/mol. The van der Waals surface area contributed by atoms with Gasteiger partial charge in [0.1, 0.15) is 11.5 Å². The minimum absolute atomic E-state index is 0.336. The molecule has 118 valence electrons. The number of halogens is 2. The van der Waals surface area contributed by atoms with Gasteiger partial charge in [0.05, 0.1) is 23.5 Å². The normalized spacial score (nSPS) is 11.1. The van der Waals surface area contributed by atoms with Gasteiger partial charge in [-0.15, -0.1) is 5.10 Å². The van der Waals surface area contributed by atoms with E-state index in [1.54, 1.807) is 24.3 Å². The van der Waals surface area contributed by atoms with Crippen molar-refractivity contribution in [3.05, 3.63) is 71.5 Å². The molecule has 0 fully saturated rings. The van der Waals surface area contributed by atoms with E-state index in [-0.39, 0.29) is 5.82 Å². The molecule has 5 nitrogen and oxygen atoms in total. The standard InChI is InChI=1S/C17H11ClFN5/c18-16-6-5-11(22-23-16)9-24-8-7-14-15(10-24)21-17(20-14)12-3-1-2-4-13(12)19/h1-8,10H,9H2. The number of fused-ring (bicyclic) bond motifs is 1. The van der Waals surface area contributed by atoms with Crippen LogP contribution in [-0.2, 0) is 6.54 Å². The Morgan fingerprint density at radius 3 is 2.58 bits per heavy atom. The molecule has 24 heavy (non-hydrogen) atoms. The number of imidazole rings is 1. The number of rotatable bonds is 3. The fourth-order valence-corrected chi connectivity index (χ4v) is 2.53. The lowest BCUT2D eigenvalue weighted by molar-refractivity contribution is 0.630. The van der Waals surface area contributed by atoms with E-state index in [0.29, 0.717) is 34.5 Å². The number of hydrogen-bond acceptors (Lipinski definition) is 4. The monoisotopic (exact) mass is 339 g/mol. The first-order valence-electron chi connectivity index (χ1n) is 7.25. The molecule has 0 bridgehead atoms. The molecule has 0 saturated carbocycles. The van der Waals surface area contributed by atoms with Crippen molar-refractivity contribution >= 4 is 11.6 Å². The van der Waals surface area contributed by atoms with Crippen molar-refractivity contribution in [1.29, 1.82) is 0 Å². The number of benzene rings is 1. The first kappa shape index (κ1) is 14.7.